The van der Waals surface area contributed by atoms with Crippen molar-refractivity contribution < 1.29 is 4.74 Å². The van der Waals surface area contributed by atoms with Gasteiger partial charge < -0.3 is 4.74 Å². The molecule has 0 aliphatic carbocycles. The van der Waals surface area contributed by atoms with Gasteiger partial charge in [0.15, 0.2) is 11.3 Å². The average molecular weight is 325 g/mol. The number of hydrogen-bond acceptors (Lipinski definition) is 5. The van der Waals surface area contributed by atoms with Crippen molar-refractivity contribution in [1.29, 1.82) is 0 Å². The summed E-state index contributed by atoms with van der Waals surface area (Å²) in [6, 6.07) is 1.13. The molecule has 0 aromatic carbocycles. The predicted octanol–water partition coefficient (Wildman–Crippen LogP) is 2.44. The molecule has 9 heteroatoms. The minimum absolute atomic E-state index is 0.302. The molecule has 112 valence electrons. The molecule has 7 nitrogen and oxygen atoms in total. The minimum Gasteiger partial charge on any atom is -0.359 e. The second-order valence-electron chi connectivity index (χ2n) is 6.12. The van der Waals surface area contributed by atoms with Gasteiger partial charge in [-0.25, -0.2) is 9.67 Å². The summed E-state index contributed by atoms with van der Waals surface area (Å²) in [7, 11) is -1.08. The molecular weight excluding hydrogens is 308 g/mol. The van der Waals surface area contributed by atoms with Crippen molar-refractivity contribution in [3.05, 3.63) is 17.7 Å². The second-order valence-corrected chi connectivity index (χ2v) is 12.1. The number of fused-ring (bicyclic) bond motifs is 3. The molecule has 3 aromatic heterocycles. The van der Waals surface area contributed by atoms with Gasteiger partial charge in [-0.05, 0) is 17.6 Å². The van der Waals surface area contributed by atoms with Crippen LogP contribution in [0.5, 0.6) is 0 Å². The molecule has 0 bridgehead atoms. The molecule has 0 radical (unpaired) electrons. The van der Waals surface area contributed by atoms with Crippen LogP contribution in [0.15, 0.2) is 12.4 Å². The monoisotopic (exact) mass is 324 g/mol. The summed E-state index contributed by atoms with van der Waals surface area (Å²) in [5, 5.41) is 12.4. The third-order valence-corrected chi connectivity index (χ3v) is 5.14. The first kappa shape index (κ1) is 14.4. The van der Waals surface area contributed by atoms with E-state index in [1.54, 1.807) is 21.5 Å². The molecule has 21 heavy (non-hydrogen) atoms. The summed E-state index contributed by atoms with van der Waals surface area (Å²) in [6.07, 6.45) is 3.33. The minimum atomic E-state index is -1.08. The van der Waals surface area contributed by atoms with Crippen LogP contribution in [0.1, 0.15) is 0 Å². The van der Waals surface area contributed by atoms with Crippen molar-refractivity contribution in [3.8, 4) is 0 Å². The average Bonchev–Trinajstić information content (AvgIpc) is 2.98. The van der Waals surface area contributed by atoms with Gasteiger partial charge in [0.05, 0.1) is 12.4 Å². The van der Waals surface area contributed by atoms with Gasteiger partial charge in [-0.15, -0.1) is 10.2 Å². The molecule has 3 heterocycles. The smallest absolute Gasteiger partial charge is 0.230 e. The van der Waals surface area contributed by atoms with E-state index in [9.17, 15) is 0 Å². The van der Waals surface area contributed by atoms with Crippen molar-refractivity contribution in [2.24, 2.45) is 0 Å². The molecule has 0 fully saturated rings. The maximum absolute atomic E-state index is 6.04. The Morgan fingerprint density at radius 3 is 2.81 bits per heavy atom. The lowest BCUT2D eigenvalue weighted by atomic mass is 10.5. The van der Waals surface area contributed by atoms with E-state index in [0.717, 1.165) is 18.2 Å². The highest BCUT2D eigenvalue weighted by Crippen LogP contribution is 2.17. The molecule has 0 aliphatic rings. The van der Waals surface area contributed by atoms with Crippen molar-refractivity contribution in [2.75, 3.05) is 6.61 Å². The standard InChI is InChI=1S/C12H17ClN6OSi/c1-21(2,3)5-4-20-8-18-11-9(6-15-18)19-10(7-14-11)16-17-12(19)13/h6-7H,4-5,8H2,1-3H3. The summed E-state index contributed by atoms with van der Waals surface area (Å²) in [6.45, 7) is 8.10. The molecule has 0 aliphatic heterocycles. The lowest BCUT2D eigenvalue weighted by Crippen LogP contribution is -2.22. The SMILES string of the molecule is C[Si](C)(C)CCOCn1ncc2c1ncc1nnc(Cl)n12. The molecule has 0 atom stereocenters. The fourth-order valence-electron chi connectivity index (χ4n) is 1.99. The van der Waals surface area contributed by atoms with E-state index in [0.29, 0.717) is 23.3 Å². The number of halogens is 1. The predicted molar refractivity (Wildman–Crippen MR) is 83.2 cm³/mol. The molecule has 3 aromatic rings. The summed E-state index contributed by atoms with van der Waals surface area (Å²) in [5.74, 6) is 0. The highest BCUT2D eigenvalue weighted by atomic mass is 35.5. The third kappa shape index (κ3) is 2.92. The number of rotatable bonds is 5. The van der Waals surface area contributed by atoms with Gasteiger partial charge in [0.2, 0.25) is 5.28 Å². The summed E-state index contributed by atoms with van der Waals surface area (Å²) in [4.78, 5) is 4.36. The van der Waals surface area contributed by atoms with E-state index in [4.69, 9.17) is 16.3 Å². The van der Waals surface area contributed by atoms with Gasteiger partial charge in [0, 0.05) is 14.7 Å². The Balaban J connectivity index is 1.81. The lowest BCUT2D eigenvalue weighted by Gasteiger charge is -2.15. The zero-order valence-electron chi connectivity index (χ0n) is 12.2. The highest BCUT2D eigenvalue weighted by Gasteiger charge is 2.14. The number of ether oxygens (including phenoxy) is 1. The Morgan fingerprint density at radius 2 is 2.05 bits per heavy atom. The van der Waals surface area contributed by atoms with Crippen molar-refractivity contribution in [2.45, 2.75) is 32.4 Å². The summed E-state index contributed by atoms with van der Waals surface area (Å²) in [5.41, 5.74) is 2.08. The molecule has 0 saturated carbocycles. The Hall–Kier alpha value is -1.51. The van der Waals surface area contributed by atoms with Crippen molar-refractivity contribution >= 4 is 36.5 Å². The summed E-state index contributed by atoms with van der Waals surface area (Å²) < 4.78 is 9.14. The third-order valence-electron chi connectivity index (χ3n) is 3.19. The molecule has 0 amide bonds. The van der Waals surface area contributed by atoms with Crippen LogP contribution in [0, 0.1) is 0 Å². The lowest BCUT2D eigenvalue weighted by molar-refractivity contribution is 0.0813. The van der Waals surface area contributed by atoms with Crippen molar-refractivity contribution in [1.82, 2.24) is 29.4 Å². The fraction of sp³-hybridized carbons (Fsp3) is 0.500. The van der Waals surface area contributed by atoms with Crippen LogP contribution in [0.4, 0.5) is 0 Å². The number of aromatic nitrogens is 6. The van der Waals surface area contributed by atoms with E-state index < -0.39 is 8.07 Å². The maximum Gasteiger partial charge on any atom is 0.230 e. The van der Waals surface area contributed by atoms with Crippen LogP contribution >= 0.6 is 11.6 Å². The van der Waals surface area contributed by atoms with Crippen LogP contribution in [0.2, 0.25) is 31.0 Å². The Bertz CT molecular complexity index is 777. The molecular formula is C12H17ClN6OSi. The zero-order valence-corrected chi connectivity index (χ0v) is 14.0. The first-order valence-electron chi connectivity index (χ1n) is 6.75. The van der Waals surface area contributed by atoms with Crippen LogP contribution in [-0.2, 0) is 11.5 Å². The highest BCUT2D eigenvalue weighted by molar-refractivity contribution is 6.76. The second kappa shape index (κ2) is 5.36. The van der Waals surface area contributed by atoms with E-state index in [1.807, 2.05) is 0 Å². The maximum atomic E-state index is 6.04. The molecule has 0 unspecified atom stereocenters. The normalized spacial score (nSPS) is 12.6. The van der Waals surface area contributed by atoms with Gasteiger partial charge in [0.1, 0.15) is 12.2 Å². The Kier molecular flexibility index (Phi) is 3.68. The molecule has 0 saturated heterocycles. The van der Waals surface area contributed by atoms with Gasteiger partial charge in [0.25, 0.3) is 0 Å². The van der Waals surface area contributed by atoms with E-state index in [-0.39, 0.29) is 0 Å². The first-order valence-corrected chi connectivity index (χ1v) is 10.8. The van der Waals surface area contributed by atoms with E-state index in [1.165, 1.54) is 0 Å². The van der Waals surface area contributed by atoms with E-state index in [2.05, 4.69) is 39.9 Å². The summed E-state index contributed by atoms with van der Waals surface area (Å²) >= 11 is 6.04. The first-order chi connectivity index (χ1) is 9.96. The van der Waals surface area contributed by atoms with Crippen LogP contribution in [0.25, 0.3) is 16.8 Å². The molecule has 0 N–H and O–H groups in total. The number of hydrogen-bond donors (Lipinski definition) is 0. The fourth-order valence-corrected chi connectivity index (χ4v) is 2.96. The number of nitrogens with zero attached hydrogens (tertiary/aromatic N) is 6. The van der Waals surface area contributed by atoms with Crippen molar-refractivity contribution in [3.63, 3.8) is 0 Å². The zero-order chi connectivity index (χ0) is 15.0. The van der Waals surface area contributed by atoms with Crippen LogP contribution < -0.4 is 0 Å². The van der Waals surface area contributed by atoms with Gasteiger partial charge in [-0.2, -0.15) is 5.10 Å². The molecule has 3 rings (SSSR count). The quantitative estimate of drug-likeness (QED) is 0.532. The van der Waals surface area contributed by atoms with Crippen LogP contribution in [-0.4, -0.2) is 44.0 Å². The largest absolute Gasteiger partial charge is 0.359 e. The Morgan fingerprint density at radius 1 is 1.24 bits per heavy atom. The van der Waals surface area contributed by atoms with Gasteiger partial charge in [-0.1, -0.05) is 19.6 Å². The van der Waals surface area contributed by atoms with Crippen LogP contribution in [0.3, 0.4) is 0 Å². The van der Waals surface area contributed by atoms with Gasteiger partial charge in [-0.3, -0.25) is 4.40 Å². The Labute approximate surface area is 127 Å². The molecule has 0 spiro atoms. The van der Waals surface area contributed by atoms with E-state index >= 15 is 0 Å². The van der Waals surface area contributed by atoms with Gasteiger partial charge >= 0.3 is 0 Å². The topological polar surface area (TPSA) is 70.1 Å².